The lowest BCUT2D eigenvalue weighted by atomic mass is 9.85. The van der Waals surface area contributed by atoms with E-state index in [0.717, 1.165) is 19.3 Å². The van der Waals surface area contributed by atoms with E-state index in [2.05, 4.69) is 22.1 Å². The molecule has 4 aromatic rings. The molecule has 2 atom stereocenters. The van der Waals surface area contributed by atoms with E-state index >= 15 is 0 Å². The van der Waals surface area contributed by atoms with Crippen LogP contribution in [-0.4, -0.2) is 24.3 Å². The fourth-order valence-corrected chi connectivity index (χ4v) is 4.38. The summed E-state index contributed by atoms with van der Waals surface area (Å²) in [7, 11) is 0. The van der Waals surface area contributed by atoms with E-state index in [-0.39, 0.29) is 17.2 Å². The first-order chi connectivity index (χ1) is 13.6. The molecule has 0 spiro atoms. The third kappa shape index (κ3) is 2.58. The SMILES string of the molecule is C[C@H]1CCCC[C@H]1n1ccc2nc3ccn(-c4ccn[nH]4)c(=O)c3cc2c1=O. The summed E-state index contributed by atoms with van der Waals surface area (Å²) >= 11 is 0. The molecule has 1 N–H and O–H groups in total. The van der Waals surface area contributed by atoms with Crippen LogP contribution in [0.3, 0.4) is 0 Å². The van der Waals surface area contributed by atoms with Crippen LogP contribution in [0.1, 0.15) is 38.6 Å². The lowest BCUT2D eigenvalue weighted by molar-refractivity contribution is 0.253. The largest absolute Gasteiger partial charge is 0.312 e. The van der Waals surface area contributed by atoms with Gasteiger partial charge in [0, 0.05) is 24.5 Å². The minimum atomic E-state index is -0.225. The third-order valence-electron chi connectivity index (χ3n) is 5.94. The van der Waals surface area contributed by atoms with Gasteiger partial charge in [-0.15, -0.1) is 0 Å². The summed E-state index contributed by atoms with van der Waals surface area (Å²) in [5.74, 6) is 1.04. The normalized spacial score (nSPS) is 20.0. The van der Waals surface area contributed by atoms with Gasteiger partial charge in [-0.05, 0) is 37.0 Å². The van der Waals surface area contributed by atoms with Crippen LogP contribution < -0.4 is 11.1 Å². The van der Waals surface area contributed by atoms with Crippen molar-refractivity contribution in [2.45, 2.75) is 38.6 Å². The lowest BCUT2D eigenvalue weighted by Crippen LogP contribution is -2.30. The molecule has 28 heavy (non-hydrogen) atoms. The Kier molecular flexibility index (Phi) is 3.89. The van der Waals surface area contributed by atoms with Gasteiger partial charge in [0.1, 0.15) is 5.82 Å². The predicted molar refractivity (Wildman–Crippen MR) is 108 cm³/mol. The minimum absolute atomic E-state index is 0.0676. The molecule has 0 radical (unpaired) electrons. The zero-order valence-electron chi connectivity index (χ0n) is 15.6. The van der Waals surface area contributed by atoms with Crippen LogP contribution in [0.4, 0.5) is 0 Å². The Hall–Kier alpha value is -3.22. The van der Waals surface area contributed by atoms with Crippen LogP contribution in [-0.2, 0) is 0 Å². The van der Waals surface area contributed by atoms with Crippen LogP contribution >= 0.6 is 0 Å². The second kappa shape index (κ2) is 6.44. The highest BCUT2D eigenvalue weighted by Gasteiger charge is 2.24. The van der Waals surface area contributed by atoms with E-state index in [1.54, 1.807) is 30.6 Å². The first kappa shape index (κ1) is 16.9. The molecule has 4 aromatic heterocycles. The van der Waals surface area contributed by atoms with Crippen molar-refractivity contribution in [3.63, 3.8) is 0 Å². The monoisotopic (exact) mass is 375 g/mol. The molecule has 5 rings (SSSR count). The van der Waals surface area contributed by atoms with E-state index in [4.69, 9.17) is 0 Å². The molecule has 1 saturated carbocycles. The topological polar surface area (TPSA) is 85.6 Å². The highest BCUT2D eigenvalue weighted by Crippen LogP contribution is 2.32. The van der Waals surface area contributed by atoms with Crippen molar-refractivity contribution in [2.24, 2.45) is 5.92 Å². The van der Waals surface area contributed by atoms with Crippen LogP contribution in [0, 0.1) is 5.92 Å². The number of H-pyrrole nitrogens is 1. The second-order valence-electron chi connectivity index (χ2n) is 7.64. The summed E-state index contributed by atoms with van der Waals surface area (Å²) in [5, 5.41) is 7.61. The van der Waals surface area contributed by atoms with Crippen LogP contribution in [0.15, 0.2) is 52.4 Å². The highest BCUT2D eigenvalue weighted by molar-refractivity contribution is 5.91. The molecule has 4 heterocycles. The molecule has 1 aliphatic rings. The van der Waals surface area contributed by atoms with Crippen molar-refractivity contribution in [1.29, 1.82) is 0 Å². The van der Waals surface area contributed by atoms with Crippen LogP contribution in [0.2, 0.25) is 0 Å². The molecule has 0 bridgehead atoms. The average molecular weight is 375 g/mol. The number of rotatable bonds is 2. The Morgan fingerprint density at radius 1 is 1.00 bits per heavy atom. The van der Waals surface area contributed by atoms with Crippen molar-refractivity contribution in [1.82, 2.24) is 24.3 Å². The molecular weight excluding hydrogens is 354 g/mol. The molecule has 7 nitrogen and oxygen atoms in total. The summed E-state index contributed by atoms with van der Waals surface area (Å²) in [6, 6.07) is 7.29. The molecule has 0 saturated heterocycles. The quantitative estimate of drug-likeness (QED) is 0.545. The number of aromatic amines is 1. The Morgan fingerprint density at radius 2 is 1.75 bits per heavy atom. The maximum absolute atomic E-state index is 13.2. The van der Waals surface area contributed by atoms with Crippen LogP contribution in [0.5, 0.6) is 0 Å². The summed E-state index contributed by atoms with van der Waals surface area (Å²) in [5.41, 5.74) is 0.909. The van der Waals surface area contributed by atoms with Crippen molar-refractivity contribution in [3.05, 3.63) is 63.6 Å². The number of nitrogens with zero attached hydrogens (tertiary/aromatic N) is 4. The summed E-state index contributed by atoms with van der Waals surface area (Å²) in [4.78, 5) is 30.8. The van der Waals surface area contributed by atoms with E-state index < -0.39 is 0 Å². The van der Waals surface area contributed by atoms with E-state index in [1.807, 2.05) is 16.8 Å². The van der Waals surface area contributed by atoms with Crippen LogP contribution in [0.25, 0.3) is 27.6 Å². The fraction of sp³-hybridized carbons (Fsp3) is 0.333. The minimum Gasteiger partial charge on any atom is -0.312 e. The van der Waals surface area contributed by atoms with Gasteiger partial charge >= 0.3 is 0 Å². The summed E-state index contributed by atoms with van der Waals surface area (Å²) in [6.07, 6.45) is 9.64. The van der Waals surface area contributed by atoms with Gasteiger partial charge in [0.2, 0.25) is 0 Å². The molecule has 0 amide bonds. The van der Waals surface area contributed by atoms with Gasteiger partial charge in [-0.3, -0.25) is 19.3 Å². The molecule has 0 aliphatic heterocycles. The summed E-state index contributed by atoms with van der Waals surface area (Å²) in [6.45, 7) is 2.21. The number of pyridine rings is 3. The average Bonchev–Trinajstić information content (AvgIpc) is 3.23. The van der Waals surface area contributed by atoms with E-state index in [9.17, 15) is 9.59 Å². The fourth-order valence-electron chi connectivity index (χ4n) is 4.38. The van der Waals surface area contributed by atoms with Gasteiger partial charge < -0.3 is 4.57 Å². The van der Waals surface area contributed by atoms with E-state index in [1.165, 1.54) is 11.0 Å². The van der Waals surface area contributed by atoms with Gasteiger partial charge in [0.15, 0.2) is 0 Å². The maximum atomic E-state index is 13.2. The number of aromatic nitrogens is 5. The molecule has 0 unspecified atom stereocenters. The number of hydrogen-bond acceptors (Lipinski definition) is 4. The van der Waals surface area contributed by atoms with Crippen molar-refractivity contribution >= 4 is 21.8 Å². The number of hydrogen-bond donors (Lipinski definition) is 1. The van der Waals surface area contributed by atoms with Gasteiger partial charge in [0.05, 0.1) is 28.0 Å². The Bertz CT molecular complexity index is 1290. The molecular formula is C21H21N5O2. The third-order valence-corrected chi connectivity index (χ3v) is 5.94. The molecule has 0 aromatic carbocycles. The van der Waals surface area contributed by atoms with Gasteiger partial charge in [-0.1, -0.05) is 19.8 Å². The van der Waals surface area contributed by atoms with Gasteiger partial charge in [-0.25, -0.2) is 4.98 Å². The van der Waals surface area contributed by atoms with Crippen molar-refractivity contribution in [3.8, 4) is 5.82 Å². The van der Waals surface area contributed by atoms with Gasteiger partial charge in [-0.2, -0.15) is 5.10 Å². The first-order valence-electron chi connectivity index (χ1n) is 9.70. The molecule has 1 aliphatic carbocycles. The smallest absolute Gasteiger partial charge is 0.265 e. The van der Waals surface area contributed by atoms with Crippen molar-refractivity contribution < 1.29 is 0 Å². The zero-order chi connectivity index (χ0) is 19.3. The standard InChI is InChI=1S/C21H21N5O2/c1-13-4-2-3-5-18(13)25-10-7-16-14(20(25)27)12-15-17(23-16)8-11-26(21(15)28)19-6-9-22-24-19/h6-13,18H,2-5H2,1H3,(H,22,24)/t13-,18+/m0/s1. The van der Waals surface area contributed by atoms with E-state index in [0.29, 0.717) is 33.5 Å². The maximum Gasteiger partial charge on any atom is 0.265 e. The van der Waals surface area contributed by atoms with Crippen molar-refractivity contribution in [2.75, 3.05) is 0 Å². The number of nitrogens with one attached hydrogen (secondary N) is 1. The molecule has 1 fully saturated rings. The Morgan fingerprint density at radius 3 is 2.50 bits per heavy atom. The zero-order valence-corrected chi connectivity index (χ0v) is 15.6. The lowest BCUT2D eigenvalue weighted by Gasteiger charge is -2.30. The highest BCUT2D eigenvalue weighted by atomic mass is 16.1. The molecule has 7 heteroatoms. The Labute approximate surface area is 160 Å². The second-order valence-corrected chi connectivity index (χ2v) is 7.64. The number of fused-ring (bicyclic) bond motifs is 2. The Balaban J connectivity index is 1.73. The molecule has 142 valence electrons. The van der Waals surface area contributed by atoms with Gasteiger partial charge in [0.25, 0.3) is 11.1 Å². The predicted octanol–water partition coefficient (Wildman–Crippen LogP) is 3.17. The summed E-state index contributed by atoms with van der Waals surface area (Å²) < 4.78 is 3.32. The first-order valence-corrected chi connectivity index (χ1v) is 9.70.